The summed E-state index contributed by atoms with van der Waals surface area (Å²) in [6.45, 7) is 37.5. The van der Waals surface area contributed by atoms with Crippen LogP contribution in [-0.2, 0) is 34.5 Å². The first kappa shape index (κ1) is 51.5. The van der Waals surface area contributed by atoms with Crippen LogP contribution in [0.3, 0.4) is 0 Å². The van der Waals surface area contributed by atoms with Crippen LogP contribution in [0.1, 0.15) is 141 Å². The molecule has 0 fully saturated rings. The molecule has 78 heavy (non-hydrogen) atoms. The molecule has 0 saturated heterocycles. The third-order valence-electron chi connectivity index (χ3n) is 17.3. The maximum absolute atomic E-state index is 2.71. The van der Waals surface area contributed by atoms with E-state index in [0.717, 1.165) is 35.6 Å². The van der Waals surface area contributed by atoms with Crippen molar-refractivity contribution < 1.29 is 0 Å². The molecule has 394 valence electrons. The highest BCUT2D eigenvalue weighted by Gasteiger charge is 2.49. The molecule has 9 aromatic rings. The second kappa shape index (κ2) is 17.9. The molecule has 4 nitrogen and oxygen atoms in total. The van der Waals surface area contributed by atoms with Crippen molar-refractivity contribution in [2.45, 2.75) is 145 Å². The Morgan fingerprint density at radius 3 is 1.42 bits per heavy atom. The first-order chi connectivity index (χ1) is 36.8. The van der Waals surface area contributed by atoms with Gasteiger partial charge in [0.1, 0.15) is 0 Å². The Morgan fingerprint density at radius 2 is 0.910 bits per heavy atom. The number of hydrogen-bond donors (Lipinski definition) is 0. The number of nitrogens with zero attached hydrogens (tertiary/aromatic N) is 4. The van der Waals surface area contributed by atoms with E-state index in [0.29, 0.717) is 0 Å². The van der Waals surface area contributed by atoms with Crippen LogP contribution in [0.5, 0.6) is 0 Å². The number of aryl methyl sites for hydroxylation is 2. The van der Waals surface area contributed by atoms with E-state index in [2.05, 4.69) is 294 Å². The Kier molecular flexibility index (Phi) is 11.8. The highest BCUT2D eigenvalue weighted by molar-refractivity contribution is 7.00. The molecular weight excluding hydrogens is 944 g/mol. The smallest absolute Gasteiger partial charge is 0.273 e. The second-order valence-corrected chi connectivity index (χ2v) is 28.1. The molecule has 8 aromatic carbocycles. The molecule has 0 atom stereocenters. The van der Waals surface area contributed by atoms with Crippen molar-refractivity contribution in [2.24, 2.45) is 5.41 Å². The summed E-state index contributed by atoms with van der Waals surface area (Å²) in [6.07, 6.45) is 2.09. The standard InChI is InChI=1S/C73H79BN4/c1-46-37-53(72(12,13)14)38-47(2)66(46)78-62-40-49-45-73(15,16)44-48(49)39-60(62)74-65-63(42-58(43-64(65)78)75(54-23-19-17-20-24-54)55-25-21-18-22-26-55)76(56-32-27-50(28-33-56)69(3,4)5)67-59-41-52(71(9,10)11)31-36-61(59)77(68(67)74)57-34-29-51(30-35-57)70(6,7)8/h17-43H,44-45H2,1-16H3. The SMILES string of the molecule is Cc1cc(C(C)(C)C)cc(C)c1N1c2cc3c(cc2B2c4c1cc(N(c1ccccc1)c1ccccc1)cc4N(c1ccc(C(C)(C)C)cc1)c1c2n(-c2ccc(C(C)(C)C)cc2)c2ccc(C(C)(C)C)cc12)CC(C)(C)C3. The van der Waals surface area contributed by atoms with Gasteiger partial charge in [-0.15, -0.1) is 0 Å². The molecule has 0 bridgehead atoms. The van der Waals surface area contributed by atoms with Gasteiger partial charge in [0.25, 0.3) is 6.71 Å². The van der Waals surface area contributed by atoms with Crippen molar-refractivity contribution in [2.75, 3.05) is 14.7 Å². The lowest BCUT2D eigenvalue weighted by atomic mass is 9.34. The van der Waals surface area contributed by atoms with E-state index in [4.69, 9.17) is 0 Å². The number of rotatable bonds is 6. The quantitative estimate of drug-likeness (QED) is 0.154. The molecule has 0 amide bonds. The Labute approximate surface area is 466 Å². The van der Waals surface area contributed by atoms with Crippen molar-refractivity contribution >= 4 is 85.3 Å². The van der Waals surface area contributed by atoms with Gasteiger partial charge >= 0.3 is 0 Å². The third-order valence-corrected chi connectivity index (χ3v) is 17.3. The normalized spacial score (nSPS) is 14.8. The Balaban J connectivity index is 1.29. The van der Waals surface area contributed by atoms with E-state index in [1.54, 1.807) is 0 Å². The lowest BCUT2D eigenvalue weighted by molar-refractivity contribution is 0.392. The number of anilines is 9. The second-order valence-electron chi connectivity index (χ2n) is 28.1. The summed E-state index contributed by atoms with van der Waals surface area (Å²) in [5.74, 6) is 0. The summed E-state index contributed by atoms with van der Waals surface area (Å²) < 4.78 is 2.66. The maximum atomic E-state index is 2.71. The fourth-order valence-corrected chi connectivity index (χ4v) is 13.2. The first-order valence-electron chi connectivity index (χ1n) is 28.6. The van der Waals surface area contributed by atoms with Crippen molar-refractivity contribution in [1.82, 2.24) is 4.57 Å². The van der Waals surface area contributed by atoms with Gasteiger partial charge in [0.2, 0.25) is 0 Å². The topological polar surface area (TPSA) is 14.7 Å². The van der Waals surface area contributed by atoms with E-state index < -0.39 is 0 Å². The highest BCUT2D eigenvalue weighted by Crippen LogP contribution is 2.53. The van der Waals surface area contributed by atoms with Gasteiger partial charge in [-0.3, -0.25) is 0 Å². The molecule has 3 aliphatic rings. The third kappa shape index (κ3) is 8.59. The van der Waals surface area contributed by atoms with Crippen molar-refractivity contribution in [3.63, 3.8) is 0 Å². The zero-order valence-corrected chi connectivity index (χ0v) is 49.4. The Morgan fingerprint density at radius 1 is 0.436 bits per heavy atom. The molecule has 12 rings (SSSR count). The number of para-hydroxylation sites is 2. The Bertz CT molecular complexity index is 3750. The van der Waals surface area contributed by atoms with E-state index in [1.807, 2.05) is 0 Å². The lowest BCUT2D eigenvalue weighted by Crippen LogP contribution is -2.63. The van der Waals surface area contributed by atoms with Crippen LogP contribution < -0.4 is 31.2 Å². The number of benzene rings is 8. The minimum Gasteiger partial charge on any atom is -0.319 e. The van der Waals surface area contributed by atoms with Crippen LogP contribution >= 0.6 is 0 Å². The molecule has 0 radical (unpaired) electrons. The zero-order valence-electron chi connectivity index (χ0n) is 49.4. The van der Waals surface area contributed by atoms with E-state index in [1.165, 1.54) is 106 Å². The van der Waals surface area contributed by atoms with Gasteiger partial charge in [0.15, 0.2) is 0 Å². The number of hydrogen-bond acceptors (Lipinski definition) is 3. The van der Waals surface area contributed by atoms with Crippen LogP contribution in [0.4, 0.5) is 51.2 Å². The fraction of sp³-hybridized carbons (Fsp3) is 0.315. The maximum Gasteiger partial charge on any atom is 0.273 e. The van der Waals surface area contributed by atoms with Crippen molar-refractivity contribution in [1.29, 1.82) is 0 Å². The van der Waals surface area contributed by atoms with Crippen molar-refractivity contribution in [3.8, 4) is 5.69 Å². The van der Waals surface area contributed by atoms with Gasteiger partial charge in [0, 0.05) is 50.8 Å². The number of fused-ring (bicyclic) bond motifs is 7. The molecular formula is C73H79BN4. The van der Waals surface area contributed by atoms with E-state index >= 15 is 0 Å². The average Bonchev–Trinajstić information content (AvgIpc) is 2.50. The summed E-state index contributed by atoms with van der Waals surface area (Å²) in [5, 5.41) is 1.26. The van der Waals surface area contributed by atoms with Gasteiger partial charge in [-0.25, -0.2) is 0 Å². The monoisotopic (exact) mass is 1020 g/mol. The van der Waals surface area contributed by atoms with Crippen LogP contribution in [0.15, 0.2) is 164 Å². The highest BCUT2D eigenvalue weighted by atomic mass is 15.2. The largest absolute Gasteiger partial charge is 0.319 e. The van der Waals surface area contributed by atoms with Crippen LogP contribution in [0.25, 0.3) is 16.6 Å². The van der Waals surface area contributed by atoms with E-state index in [9.17, 15) is 0 Å². The number of aromatic nitrogens is 1. The molecule has 0 saturated carbocycles. The molecule has 0 spiro atoms. The molecule has 0 unspecified atom stereocenters. The minimum atomic E-state index is -0.131. The Hall–Kier alpha value is -7.24. The summed E-state index contributed by atoms with van der Waals surface area (Å²) in [5.41, 5.74) is 27.9. The predicted octanol–water partition coefficient (Wildman–Crippen LogP) is 18.1. The molecule has 5 heteroatoms. The summed E-state index contributed by atoms with van der Waals surface area (Å²) in [7, 11) is 0. The molecule has 1 aliphatic carbocycles. The first-order valence-corrected chi connectivity index (χ1v) is 28.6. The van der Waals surface area contributed by atoms with Crippen LogP contribution in [-0.4, -0.2) is 11.3 Å². The van der Waals surface area contributed by atoms with E-state index in [-0.39, 0.29) is 33.8 Å². The minimum absolute atomic E-state index is 0.00847. The van der Waals surface area contributed by atoms with Gasteiger partial charge < -0.3 is 19.3 Å². The predicted molar refractivity (Wildman–Crippen MR) is 337 cm³/mol. The molecule has 3 heterocycles. The zero-order chi connectivity index (χ0) is 55.2. The lowest BCUT2D eigenvalue weighted by Gasteiger charge is -2.45. The molecule has 1 aromatic heterocycles. The fourth-order valence-electron chi connectivity index (χ4n) is 13.2. The van der Waals surface area contributed by atoms with Gasteiger partial charge in [-0.1, -0.05) is 182 Å². The van der Waals surface area contributed by atoms with Crippen LogP contribution in [0.2, 0.25) is 0 Å². The molecule has 2 aliphatic heterocycles. The summed E-state index contributed by atoms with van der Waals surface area (Å²) >= 11 is 0. The average molecular weight is 1020 g/mol. The van der Waals surface area contributed by atoms with Crippen molar-refractivity contribution in [3.05, 3.63) is 208 Å². The van der Waals surface area contributed by atoms with Gasteiger partial charge in [-0.05, 0) is 188 Å². The van der Waals surface area contributed by atoms with Gasteiger partial charge in [-0.2, -0.15) is 0 Å². The summed E-state index contributed by atoms with van der Waals surface area (Å²) in [4.78, 5) is 7.85. The summed E-state index contributed by atoms with van der Waals surface area (Å²) in [6, 6.07) is 63.7. The molecule has 0 N–H and O–H groups in total. The van der Waals surface area contributed by atoms with Gasteiger partial charge in [0.05, 0.1) is 22.6 Å². The van der Waals surface area contributed by atoms with Crippen LogP contribution in [0, 0.1) is 19.3 Å².